The molecule has 1 amide bonds. The molecule has 3 aromatic heterocycles. The average molecular weight is 524 g/mol. The number of fused-ring (bicyclic) bond motifs is 2. The maximum absolute atomic E-state index is 13.4. The van der Waals surface area contributed by atoms with Crippen LogP contribution in [0.5, 0.6) is 0 Å². The first-order chi connectivity index (χ1) is 18.8. The summed E-state index contributed by atoms with van der Waals surface area (Å²) in [6.45, 7) is 9.50. The first kappa shape index (κ1) is 25.6. The van der Waals surface area contributed by atoms with Gasteiger partial charge in [-0.05, 0) is 106 Å². The van der Waals surface area contributed by atoms with Gasteiger partial charge in [0.1, 0.15) is 11.2 Å². The molecule has 2 atom stereocenters. The van der Waals surface area contributed by atoms with Crippen LogP contribution < -0.4 is 5.32 Å². The summed E-state index contributed by atoms with van der Waals surface area (Å²) in [5.41, 5.74) is 8.71. The summed E-state index contributed by atoms with van der Waals surface area (Å²) in [6.07, 6.45) is 9.19. The Morgan fingerprint density at radius 2 is 2.03 bits per heavy atom. The van der Waals surface area contributed by atoms with Crippen molar-refractivity contribution in [2.24, 2.45) is 0 Å². The van der Waals surface area contributed by atoms with Crippen LogP contribution in [0.1, 0.15) is 73.6 Å². The van der Waals surface area contributed by atoms with Crippen molar-refractivity contribution in [1.82, 2.24) is 25.2 Å². The number of aryl methyl sites for hydroxylation is 1. The van der Waals surface area contributed by atoms with E-state index in [2.05, 4.69) is 46.5 Å². The van der Waals surface area contributed by atoms with Crippen molar-refractivity contribution in [3.05, 3.63) is 82.9 Å². The summed E-state index contributed by atoms with van der Waals surface area (Å²) >= 11 is 0. The summed E-state index contributed by atoms with van der Waals surface area (Å²) in [6, 6.07) is 13.0. The highest BCUT2D eigenvalue weighted by Crippen LogP contribution is 2.42. The molecule has 7 nitrogen and oxygen atoms in total. The molecule has 2 aliphatic heterocycles. The lowest BCUT2D eigenvalue weighted by Crippen LogP contribution is -2.38. The summed E-state index contributed by atoms with van der Waals surface area (Å²) in [7, 11) is 0. The molecule has 2 N–H and O–H groups in total. The van der Waals surface area contributed by atoms with Crippen LogP contribution in [0, 0.1) is 6.92 Å². The van der Waals surface area contributed by atoms with Crippen LogP contribution in [0.4, 0.5) is 4.79 Å². The normalized spacial score (nSPS) is 19.3. The third kappa shape index (κ3) is 5.15. The lowest BCUT2D eigenvalue weighted by molar-refractivity contribution is 0.0223. The summed E-state index contributed by atoms with van der Waals surface area (Å²) in [4.78, 5) is 27.9. The second-order valence-corrected chi connectivity index (χ2v) is 11.8. The molecule has 2 unspecified atom stereocenters. The largest absolute Gasteiger partial charge is 0.444 e. The van der Waals surface area contributed by atoms with E-state index in [1.54, 1.807) is 0 Å². The smallest absolute Gasteiger partial charge is 0.410 e. The Morgan fingerprint density at radius 1 is 1.15 bits per heavy atom. The van der Waals surface area contributed by atoms with Crippen molar-refractivity contribution in [1.29, 1.82) is 0 Å². The molecule has 39 heavy (non-hydrogen) atoms. The Bertz CT molecular complexity index is 1500. The second-order valence-electron chi connectivity index (χ2n) is 11.8. The number of rotatable bonds is 4. The molecule has 5 heterocycles. The molecule has 0 radical (unpaired) electrons. The number of carbonyl (C=O) groups excluding carboxylic acids is 1. The first-order valence-electron chi connectivity index (χ1n) is 14.0. The number of amides is 1. The van der Waals surface area contributed by atoms with E-state index in [4.69, 9.17) is 9.72 Å². The van der Waals surface area contributed by atoms with E-state index >= 15 is 0 Å². The number of benzene rings is 1. The van der Waals surface area contributed by atoms with Crippen LogP contribution in [0.2, 0.25) is 0 Å². The molecule has 202 valence electrons. The number of aromatic nitrogens is 3. The fourth-order valence-electron chi connectivity index (χ4n) is 6.12. The van der Waals surface area contributed by atoms with E-state index in [-0.39, 0.29) is 18.2 Å². The fraction of sp³-hybridized carbons (Fsp3) is 0.406. The molecule has 0 spiro atoms. The van der Waals surface area contributed by atoms with E-state index < -0.39 is 5.60 Å². The predicted octanol–water partition coefficient (Wildman–Crippen LogP) is 6.43. The number of likely N-dealkylation sites (tertiary alicyclic amines) is 1. The minimum absolute atomic E-state index is 0.0367. The lowest BCUT2D eigenvalue weighted by Gasteiger charge is -2.35. The standard InChI is InChI=1S/C32H37N5O2/c1-20-18-35-30-25(20)16-23(19-36-30)22-14-21-10-12-34-27(17-24-8-5-6-11-33-24)29(21)26(15-22)28-9-7-13-37(28)31(38)39-32(2,3)4/h5-6,8,11,14-16,18-19,27-28,34H,7,9-10,12-13,17H2,1-4H3,(H,35,36). The van der Waals surface area contributed by atoms with Crippen molar-refractivity contribution in [2.45, 2.75) is 71.1 Å². The van der Waals surface area contributed by atoms with Crippen LogP contribution in [-0.2, 0) is 17.6 Å². The maximum Gasteiger partial charge on any atom is 0.410 e. The quantitative estimate of drug-likeness (QED) is 0.322. The fourth-order valence-corrected chi connectivity index (χ4v) is 6.12. The molecule has 0 bridgehead atoms. The zero-order valence-electron chi connectivity index (χ0n) is 23.3. The van der Waals surface area contributed by atoms with Gasteiger partial charge >= 0.3 is 6.09 Å². The van der Waals surface area contributed by atoms with Gasteiger partial charge in [-0.2, -0.15) is 0 Å². The molecular formula is C32H37N5O2. The van der Waals surface area contributed by atoms with Crippen LogP contribution in [0.3, 0.4) is 0 Å². The van der Waals surface area contributed by atoms with Gasteiger partial charge < -0.3 is 19.9 Å². The maximum atomic E-state index is 13.4. The van der Waals surface area contributed by atoms with Gasteiger partial charge in [0, 0.05) is 54.2 Å². The van der Waals surface area contributed by atoms with Gasteiger partial charge in [0.15, 0.2) is 0 Å². The highest BCUT2D eigenvalue weighted by molar-refractivity contribution is 5.84. The predicted molar refractivity (Wildman–Crippen MR) is 154 cm³/mol. The number of hydrogen-bond acceptors (Lipinski definition) is 5. The minimum atomic E-state index is -0.538. The number of nitrogens with zero attached hydrogens (tertiary/aromatic N) is 3. The Morgan fingerprint density at radius 3 is 2.82 bits per heavy atom. The Kier molecular flexibility index (Phi) is 6.63. The van der Waals surface area contributed by atoms with Gasteiger partial charge in [0.25, 0.3) is 0 Å². The number of hydrogen-bond donors (Lipinski definition) is 2. The Balaban J connectivity index is 1.47. The van der Waals surface area contributed by atoms with Gasteiger partial charge in [-0.15, -0.1) is 0 Å². The van der Waals surface area contributed by atoms with Gasteiger partial charge in [-0.3, -0.25) is 4.98 Å². The van der Waals surface area contributed by atoms with E-state index in [9.17, 15) is 4.79 Å². The molecule has 6 rings (SSSR count). The number of H-pyrrole nitrogens is 1. The van der Waals surface area contributed by atoms with Crippen molar-refractivity contribution in [3.63, 3.8) is 0 Å². The van der Waals surface area contributed by atoms with Crippen molar-refractivity contribution < 1.29 is 9.53 Å². The third-order valence-corrected chi connectivity index (χ3v) is 7.88. The van der Waals surface area contributed by atoms with Gasteiger partial charge in [0.2, 0.25) is 0 Å². The summed E-state index contributed by atoms with van der Waals surface area (Å²) in [5.74, 6) is 0. The number of pyridine rings is 2. The highest BCUT2D eigenvalue weighted by atomic mass is 16.6. The van der Waals surface area contributed by atoms with E-state index in [0.717, 1.165) is 60.1 Å². The first-order valence-corrected chi connectivity index (χ1v) is 14.0. The third-order valence-electron chi connectivity index (χ3n) is 7.88. The molecule has 1 fully saturated rings. The summed E-state index contributed by atoms with van der Waals surface area (Å²) in [5, 5.41) is 4.90. The second kappa shape index (κ2) is 10.1. The topological polar surface area (TPSA) is 83.1 Å². The van der Waals surface area contributed by atoms with Crippen molar-refractivity contribution in [3.8, 4) is 11.1 Å². The number of ether oxygens (including phenoxy) is 1. The minimum Gasteiger partial charge on any atom is -0.444 e. The van der Waals surface area contributed by atoms with Gasteiger partial charge in [-0.25, -0.2) is 9.78 Å². The Hall–Kier alpha value is -3.71. The average Bonchev–Trinajstić information content (AvgIpc) is 3.55. The monoisotopic (exact) mass is 523 g/mol. The van der Waals surface area contributed by atoms with E-state index in [1.165, 1.54) is 22.3 Å². The zero-order chi connectivity index (χ0) is 27.1. The highest BCUT2D eigenvalue weighted by Gasteiger charge is 2.37. The van der Waals surface area contributed by atoms with Gasteiger partial charge in [-0.1, -0.05) is 12.1 Å². The molecule has 4 aromatic rings. The number of carbonyl (C=O) groups is 1. The zero-order valence-corrected chi connectivity index (χ0v) is 23.3. The van der Waals surface area contributed by atoms with Crippen molar-refractivity contribution in [2.75, 3.05) is 13.1 Å². The summed E-state index contributed by atoms with van der Waals surface area (Å²) < 4.78 is 5.86. The van der Waals surface area contributed by atoms with Crippen LogP contribution in [0.25, 0.3) is 22.2 Å². The molecule has 7 heteroatoms. The molecule has 2 aliphatic rings. The SMILES string of the molecule is Cc1c[nH]c2ncc(-c3cc4c(c(C5CCCN5C(=O)OC(C)(C)C)c3)C(Cc3ccccn3)NCC4)cc12. The van der Waals surface area contributed by atoms with E-state index in [0.29, 0.717) is 6.54 Å². The van der Waals surface area contributed by atoms with Crippen LogP contribution in [0.15, 0.2) is 55.0 Å². The van der Waals surface area contributed by atoms with E-state index in [1.807, 2.05) is 56.4 Å². The number of nitrogens with one attached hydrogen (secondary N) is 2. The molecular weight excluding hydrogens is 486 g/mol. The van der Waals surface area contributed by atoms with Crippen molar-refractivity contribution >= 4 is 17.1 Å². The Labute approximate surface area is 230 Å². The number of aromatic amines is 1. The molecule has 1 saturated heterocycles. The van der Waals surface area contributed by atoms with Crippen LogP contribution >= 0.6 is 0 Å². The molecule has 0 saturated carbocycles. The van der Waals surface area contributed by atoms with Gasteiger partial charge in [0.05, 0.1) is 6.04 Å². The lowest BCUT2D eigenvalue weighted by atomic mass is 9.82. The molecule has 1 aromatic carbocycles. The van der Waals surface area contributed by atoms with Crippen LogP contribution in [-0.4, -0.2) is 44.6 Å². The molecule has 0 aliphatic carbocycles.